The molecule has 24 nitrogen and oxygen atoms in total. The van der Waals surface area contributed by atoms with Gasteiger partial charge in [-0.25, -0.2) is 14.4 Å². The Balaban J connectivity index is 0.000000938. The Hall–Kier alpha value is -7.68. The normalized spacial score (nSPS) is 12.8. The molecule has 0 radical (unpaired) electrons. The Labute approximate surface area is 379 Å². The predicted octanol–water partition coefficient (Wildman–Crippen LogP) is 0.364. The Kier molecular flexibility index (Phi) is 23.4. The number of nitrogens with two attached hydrogens (primary N) is 3. The van der Waals surface area contributed by atoms with Gasteiger partial charge in [0.2, 0.25) is 17.7 Å². The van der Waals surface area contributed by atoms with Crippen LogP contribution in [-0.2, 0) is 68.0 Å². The van der Waals surface area contributed by atoms with Crippen molar-refractivity contribution in [2.75, 3.05) is 19.6 Å². The number of carboxylic acids is 3. The summed E-state index contributed by atoms with van der Waals surface area (Å²) < 4.78 is 113. The van der Waals surface area contributed by atoms with Gasteiger partial charge < -0.3 is 77.7 Å². The molecule has 69 heavy (non-hydrogen) atoms. The monoisotopic (exact) mass is 1010 g/mol. The summed E-state index contributed by atoms with van der Waals surface area (Å²) in [6.07, 6.45) is -15.0. The number of aliphatic carboxylic acids is 3. The van der Waals surface area contributed by atoms with Gasteiger partial charge in [0.05, 0.1) is 19.6 Å². The van der Waals surface area contributed by atoms with Crippen LogP contribution in [0.2, 0.25) is 0 Å². The quantitative estimate of drug-likeness (QED) is 0.109. The van der Waals surface area contributed by atoms with Crippen molar-refractivity contribution in [2.24, 2.45) is 17.2 Å². The largest absolute Gasteiger partial charge is 0.490 e. The van der Waals surface area contributed by atoms with Crippen LogP contribution < -0.4 is 49.1 Å². The number of alkyl halides is 9. The molecule has 0 fully saturated rings. The summed E-state index contributed by atoms with van der Waals surface area (Å²) in [4.78, 5) is 102. The number of furan rings is 3. The highest BCUT2D eigenvalue weighted by Crippen LogP contribution is 2.22. The summed E-state index contributed by atoms with van der Waals surface area (Å²) in [5.74, 6) is -11.0. The fourth-order valence-electron chi connectivity index (χ4n) is 4.62. The van der Waals surface area contributed by atoms with E-state index in [1.54, 1.807) is 0 Å². The fourth-order valence-corrected chi connectivity index (χ4v) is 4.62. The smallest absolute Gasteiger partial charge is 0.475 e. The first-order valence-corrected chi connectivity index (χ1v) is 18.9. The van der Waals surface area contributed by atoms with Crippen LogP contribution in [0.5, 0.6) is 0 Å². The van der Waals surface area contributed by atoms with E-state index in [9.17, 15) is 68.3 Å². The lowest BCUT2D eigenvalue weighted by Gasteiger charge is -2.07. The highest BCUT2D eigenvalue weighted by atomic mass is 19.4. The minimum atomic E-state index is -5.08. The third-order valence-electron chi connectivity index (χ3n) is 7.86. The van der Waals surface area contributed by atoms with Gasteiger partial charge in [-0.05, 0) is 18.2 Å². The van der Waals surface area contributed by atoms with Gasteiger partial charge in [0.1, 0.15) is 17.3 Å². The van der Waals surface area contributed by atoms with Crippen molar-refractivity contribution in [3.05, 3.63) is 69.5 Å². The number of hydrogen-bond acceptors (Lipinski definition) is 15. The number of nitrogens with one attached hydrogen (secondary N) is 6. The number of carboxylic acid groups (broad SMARTS) is 3. The Bertz CT molecular complexity index is 2040. The molecule has 1 aliphatic rings. The second-order valence-electron chi connectivity index (χ2n) is 13.1. The minimum absolute atomic E-state index is 0.0136. The zero-order valence-electron chi connectivity index (χ0n) is 35.1. The maximum absolute atomic E-state index is 13.2. The van der Waals surface area contributed by atoms with Crippen LogP contribution in [0.3, 0.4) is 0 Å². The zero-order chi connectivity index (χ0) is 52.9. The molecule has 0 saturated heterocycles. The Morgan fingerprint density at radius 1 is 0.478 bits per heavy atom. The summed E-state index contributed by atoms with van der Waals surface area (Å²) >= 11 is 0. The van der Waals surface area contributed by atoms with E-state index in [1.165, 1.54) is 18.2 Å². The third kappa shape index (κ3) is 21.7. The molecule has 4 heterocycles. The number of amides is 6. The molecule has 384 valence electrons. The van der Waals surface area contributed by atoms with E-state index in [0.29, 0.717) is 16.7 Å². The van der Waals surface area contributed by atoms with Gasteiger partial charge in [0, 0.05) is 75.2 Å². The SMILES string of the molecule is NCCC(=O)NCc1cc2oc1CNC(=O)c1cc(CNC(=O)CCN)c(o1)CNC(=O)c1cc(CNC(=O)CCN)c(o1)CNC2=O.O=C(O)C(F)(F)F.O=C(O)C(F)(F)F.O=C(O)C(F)(F)F. The molecule has 0 spiro atoms. The molecule has 1 aliphatic heterocycles. The Morgan fingerprint density at radius 3 is 0.855 bits per heavy atom. The lowest BCUT2D eigenvalue weighted by Crippen LogP contribution is -2.26. The molecule has 6 amide bonds. The lowest BCUT2D eigenvalue weighted by atomic mass is 10.2. The molecule has 33 heteroatoms. The molecule has 0 aromatic carbocycles. The summed E-state index contributed by atoms with van der Waals surface area (Å²) in [5.41, 5.74) is 17.6. The molecular formula is C36H42F9N9O15. The van der Waals surface area contributed by atoms with Gasteiger partial charge in [0.15, 0.2) is 17.3 Å². The van der Waals surface area contributed by atoms with E-state index in [1.807, 2.05) is 0 Å². The standard InChI is InChI=1S/C30H39N9O9.3C2HF3O2/c31-4-1-25(40)34-10-16-7-19-28(43)38-14-23-18(12-36-27(42)3-6-33)9-21(48-23)30(45)39-15-24-17(11-35-26(41)2-5-32)8-20(47-24)29(44)37-13-22(16)46-19;3*3-2(4,5)1(6)7/h7-9H,1-6,10-15,31-33H2,(H,34,40)(H,35,41)(H,36,42)(H,37,44)(H,38,43)(H,39,45);3*(H,6,7). The minimum Gasteiger partial charge on any atom is -0.475 e. The van der Waals surface area contributed by atoms with Gasteiger partial charge in [-0.3, -0.25) is 28.8 Å². The van der Waals surface area contributed by atoms with E-state index in [2.05, 4.69) is 31.9 Å². The predicted molar refractivity (Wildman–Crippen MR) is 207 cm³/mol. The van der Waals surface area contributed by atoms with Crippen LogP contribution in [0, 0.1) is 0 Å². The molecule has 3 aromatic rings. The molecule has 4 rings (SSSR count). The first-order chi connectivity index (χ1) is 31.9. The fraction of sp³-hybridized carbons (Fsp3) is 0.417. The topological polar surface area (TPSA) is 404 Å². The summed E-state index contributed by atoms with van der Waals surface area (Å²) in [7, 11) is 0. The average Bonchev–Trinajstić information content (AvgIpc) is 3.98. The summed E-state index contributed by atoms with van der Waals surface area (Å²) in [6, 6.07) is 4.28. The van der Waals surface area contributed by atoms with E-state index in [0.717, 1.165) is 0 Å². The molecule has 0 unspecified atom stereocenters. The van der Waals surface area contributed by atoms with Crippen molar-refractivity contribution < 1.29 is 111 Å². The highest BCUT2D eigenvalue weighted by molar-refractivity contribution is 5.94. The van der Waals surface area contributed by atoms with Gasteiger partial charge >= 0.3 is 36.4 Å². The molecule has 0 aliphatic carbocycles. The molecule has 3 aromatic heterocycles. The van der Waals surface area contributed by atoms with Gasteiger partial charge in [-0.2, -0.15) is 39.5 Å². The Morgan fingerprint density at radius 2 is 0.681 bits per heavy atom. The number of carbonyl (C=O) groups excluding carboxylic acids is 6. The molecule has 0 atom stereocenters. The van der Waals surface area contributed by atoms with Crippen LogP contribution in [0.4, 0.5) is 39.5 Å². The highest BCUT2D eigenvalue weighted by Gasteiger charge is 2.39. The number of carbonyl (C=O) groups is 9. The van der Waals surface area contributed by atoms with Crippen molar-refractivity contribution in [3.63, 3.8) is 0 Å². The second-order valence-corrected chi connectivity index (χ2v) is 13.1. The van der Waals surface area contributed by atoms with Crippen LogP contribution in [0.25, 0.3) is 0 Å². The van der Waals surface area contributed by atoms with Gasteiger partial charge in [-0.15, -0.1) is 0 Å². The van der Waals surface area contributed by atoms with Crippen LogP contribution in [-0.4, -0.2) is 107 Å². The number of fused-ring (bicyclic) bond motifs is 6. The molecule has 0 saturated carbocycles. The molecule has 6 bridgehead atoms. The second kappa shape index (κ2) is 27.2. The zero-order valence-corrected chi connectivity index (χ0v) is 35.1. The summed E-state index contributed by atoms with van der Waals surface area (Å²) in [5, 5.41) is 37.5. The maximum atomic E-state index is 13.2. The first-order valence-electron chi connectivity index (χ1n) is 18.9. The lowest BCUT2D eigenvalue weighted by molar-refractivity contribution is -0.193. The van der Waals surface area contributed by atoms with E-state index in [4.69, 9.17) is 60.2 Å². The first kappa shape index (κ1) is 59.3. The van der Waals surface area contributed by atoms with E-state index >= 15 is 0 Å². The van der Waals surface area contributed by atoms with E-state index < -0.39 is 54.2 Å². The molecule has 15 N–H and O–H groups in total. The van der Waals surface area contributed by atoms with Gasteiger partial charge in [0.25, 0.3) is 17.7 Å². The van der Waals surface area contributed by atoms with Crippen molar-refractivity contribution in [1.82, 2.24) is 31.9 Å². The van der Waals surface area contributed by atoms with Crippen LogP contribution in [0.1, 0.15) is 84.9 Å². The van der Waals surface area contributed by atoms with Crippen molar-refractivity contribution in [1.29, 1.82) is 0 Å². The number of rotatable bonds is 12. The average molecular weight is 1010 g/mol. The van der Waals surface area contributed by atoms with E-state index in [-0.39, 0.29) is 130 Å². The van der Waals surface area contributed by atoms with Crippen molar-refractivity contribution in [3.8, 4) is 0 Å². The van der Waals surface area contributed by atoms with Crippen LogP contribution >= 0.6 is 0 Å². The van der Waals surface area contributed by atoms with Gasteiger partial charge in [-0.1, -0.05) is 0 Å². The molecular weight excluding hydrogens is 969 g/mol. The maximum Gasteiger partial charge on any atom is 0.490 e. The van der Waals surface area contributed by atoms with Crippen LogP contribution in [0.15, 0.2) is 31.5 Å². The number of halogens is 9. The summed E-state index contributed by atoms with van der Waals surface area (Å²) in [6.45, 7) is -0.155. The number of hydrogen-bond donors (Lipinski definition) is 12. The third-order valence-corrected chi connectivity index (χ3v) is 7.86. The van der Waals surface area contributed by atoms with Crippen molar-refractivity contribution in [2.45, 2.75) is 77.1 Å². The van der Waals surface area contributed by atoms with Crippen molar-refractivity contribution >= 4 is 53.4 Å².